The average Bonchev–Trinajstić information content (AvgIpc) is 2.69. The molecule has 0 unspecified atom stereocenters. The van der Waals surface area contributed by atoms with E-state index in [-0.39, 0.29) is 0 Å². The number of carbonyl (C=O) groups is 1. The third-order valence-electron chi connectivity index (χ3n) is 5.05. The highest BCUT2D eigenvalue weighted by Gasteiger charge is 1.98. The van der Waals surface area contributed by atoms with E-state index in [1.54, 1.807) is 0 Å². The summed E-state index contributed by atoms with van der Waals surface area (Å²) in [7, 11) is 0. The second-order valence-corrected chi connectivity index (χ2v) is 7.51. The van der Waals surface area contributed by atoms with Crippen LogP contribution < -0.4 is 9.67 Å². The summed E-state index contributed by atoms with van der Waals surface area (Å²) in [6.07, 6.45) is 27.4. The van der Waals surface area contributed by atoms with Crippen molar-refractivity contribution in [2.75, 3.05) is 0 Å². The zero-order valence-electron chi connectivity index (χ0n) is 17.7. The topological polar surface area (TPSA) is 44.0 Å². The third-order valence-corrected chi connectivity index (χ3v) is 5.05. The van der Waals surface area contributed by atoms with Gasteiger partial charge in [-0.3, -0.25) is 0 Å². The molecule has 1 aromatic rings. The molecule has 3 heteroatoms. The van der Waals surface area contributed by atoms with Crippen molar-refractivity contribution in [1.82, 2.24) is 0 Å². The van der Waals surface area contributed by atoms with E-state index in [1.807, 2.05) is 0 Å². The number of aryl methyl sites for hydroxylation is 1. The van der Waals surface area contributed by atoms with Gasteiger partial charge in [-0.1, -0.05) is 103 Å². The normalized spacial score (nSPS) is 10.3. The van der Waals surface area contributed by atoms with E-state index in [0.717, 1.165) is 0 Å². The molecule has 1 aromatic heterocycles. The molecular weight excluding hydrogens is 334 g/mol. The first-order chi connectivity index (χ1) is 13.3. The summed E-state index contributed by atoms with van der Waals surface area (Å²) in [5.74, 6) is 0. The third kappa shape index (κ3) is 20.8. The van der Waals surface area contributed by atoms with Gasteiger partial charge in [-0.15, -0.1) is 0 Å². The van der Waals surface area contributed by atoms with Crippen molar-refractivity contribution in [3.63, 3.8) is 0 Å². The van der Waals surface area contributed by atoms with Crippen LogP contribution in [0.4, 0.5) is 0 Å². The van der Waals surface area contributed by atoms with E-state index >= 15 is 0 Å². The zero-order valence-corrected chi connectivity index (χ0v) is 17.7. The minimum atomic E-state index is -0.500. The SMILES string of the molecule is CCCCCCCCCCCCCCCCCC[n+]1ccccc1.O=C[O-]. The van der Waals surface area contributed by atoms with Crippen molar-refractivity contribution < 1.29 is 14.5 Å². The van der Waals surface area contributed by atoms with Gasteiger partial charge in [0.15, 0.2) is 12.4 Å². The van der Waals surface area contributed by atoms with Crippen LogP contribution in [-0.4, -0.2) is 6.47 Å². The average molecular weight is 378 g/mol. The Morgan fingerprint density at radius 3 is 1.33 bits per heavy atom. The number of nitrogens with zero attached hydrogens (tertiary/aromatic N) is 1. The van der Waals surface area contributed by atoms with Gasteiger partial charge in [0.05, 0.1) is 0 Å². The fourth-order valence-electron chi connectivity index (χ4n) is 3.43. The number of carboxylic acid groups (broad SMARTS) is 1. The standard InChI is InChI=1S/C23H42N.CH2O2/c1-2-3-4-5-6-7-8-9-10-11-12-13-14-15-16-18-21-24-22-19-17-20-23-24;2-1-3/h17,19-20,22-23H,2-16,18,21H2,1H3;1H,(H,2,3)/q+1;/p-1. The van der Waals surface area contributed by atoms with Gasteiger partial charge in [-0.25, -0.2) is 4.57 Å². The molecule has 0 saturated heterocycles. The molecule has 156 valence electrons. The number of unbranched alkanes of at least 4 members (excludes halogenated alkanes) is 15. The number of carbonyl (C=O) groups excluding carboxylic acids is 1. The van der Waals surface area contributed by atoms with Gasteiger partial charge in [0.1, 0.15) is 6.54 Å². The molecular formula is C24H43NO2. The zero-order chi connectivity index (χ0) is 19.8. The number of aromatic nitrogens is 1. The molecule has 0 aliphatic rings. The summed E-state index contributed by atoms with van der Waals surface area (Å²) in [5.41, 5.74) is 0. The van der Waals surface area contributed by atoms with Crippen LogP contribution in [0.3, 0.4) is 0 Å². The summed E-state index contributed by atoms with van der Waals surface area (Å²) >= 11 is 0. The van der Waals surface area contributed by atoms with Crippen LogP contribution in [0, 0.1) is 0 Å². The summed E-state index contributed by atoms with van der Waals surface area (Å²) in [5, 5.41) is 8.25. The number of hydrogen-bond acceptors (Lipinski definition) is 2. The lowest BCUT2D eigenvalue weighted by atomic mass is 10.0. The Bertz CT molecular complexity index is 395. The molecule has 0 saturated carbocycles. The molecule has 0 aliphatic heterocycles. The van der Waals surface area contributed by atoms with Crippen LogP contribution >= 0.6 is 0 Å². The van der Waals surface area contributed by atoms with Crippen LogP contribution in [-0.2, 0) is 11.3 Å². The Labute approximate surface area is 168 Å². The lowest BCUT2D eigenvalue weighted by Crippen LogP contribution is -2.32. The molecule has 0 radical (unpaired) electrons. The summed E-state index contributed by atoms with van der Waals surface area (Å²) in [6.45, 7) is 2.98. The van der Waals surface area contributed by atoms with Crippen LogP contribution in [0.15, 0.2) is 30.6 Å². The lowest BCUT2D eigenvalue weighted by molar-refractivity contribution is -0.697. The highest BCUT2D eigenvalue weighted by atomic mass is 16.3. The van der Waals surface area contributed by atoms with E-state index in [2.05, 4.69) is 42.1 Å². The number of hydrogen-bond donors (Lipinski definition) is 0. The molecule has 3 nitrogen and oxygen atoms in total. The summed E-state index contributed by atoms with van der Waals surface area (Å²) in [6, 6.07) is 6.32. The maximum absolute atomic E-state index is 8.25. The van der Waals surface area contributed by atoms with Crippen molar-refractivity contribution in [2.45, 2.75) is 116 Å². The van der Waals surface area contributed by atoms with E-state index in [0.29, 0.717) is 0 Å². The number of rotatable bonds is 17. The first-order valence-corrected chi connectivity index (χ1v) is 11.3. The molecule has 0 N–H and O–H groups in total. The van der Waals surface area contributed by atoms with E-state index < -0.39 is 6.47 Å². The molecule has 1 rings (SSSR count). The van der Waals surface area contributed by atoms with Gasteiger partial charge in [-0.05, 0) is 6.42 Å². The molecule has 0 amide bonds. The first-order valence-electron chi connectivity index (χ1n) is 11.3. The molecule has 0 aliphatic carbocycles. The minimum Gasteiger partial charge on any atom is -0.554 e. The van der Waals surface area contributed by atoms with Crippen molar-refractivity contribution in [2.24, 2.45) is 0 Å². The van der Waals surface area contributed by atoms with Gasteiger partial charge in [-0.2, -0.15) is 0 Å². The van der Waals surface area contributed by atoms with E-state index in [9.17, 15) is 0 Å². The molecule has 1 heterocycles. The van der Waals surface area contributed by atoms with Crippen molar-refractivity contribution in [1.29, 1.82) is 0 Å². The second kappa shape index (κ2) is 22.7. The highest BCUT2D eigenvalue weighted by molar-refractivity contribution is 5.29. The summed E-state index contributed by atoms with van der Waals surface area (Å²) < 4.78 is 2.30. The Hall–Kier alpha value is -1.38. The Balaban J connectivity index is 0.00000210. The quantitative estimate of drug-likeness (QED) is 0.201. The van der Waals surface area contributed by atoms with Crippen LogP contribution in [0.1, 0.15) is 110 Å². The predicted molar refractivity (Wildman–Crippen MR) is 112 cm³/mol. The van der Waals surface area contributed by atoms with Gasteiger partial charge in [0, 0.05) is 25.0 Å². The largest absolute Gasteiger partial charge is 0.554 e. The first kappa shape index (κ1) is 25.6. The van der Waals surface area contributed by atoms with Crippen molar-refractivity contribution in [3.05, 3.63) is 30.6 Å². The summed E-state index contributed by atoms with van der Waals surface area (Å²) in [4.78, 5) is 8.25. The molecule has 0 atom stereocenters. The maximum atomic E-state index is 8.25. The van der Waals surface area contributed by atoms with Crippen molar-refractivity contribution >= 4 is 6.47 Å². The lowest BCUT2D eigenvalue weighted by Gasteiger charge is -2.03. The van der Waals surface area contributed by atoms with E-state index in [4.69, 9.17) is 9.90 Å². The Morgan fingerprint density at radius 1 is 0.630 bits per heavy atom. The Kier molecular flexibility index (Phi) is 21.5. The second-order valence-electron chi connectivity index (χ2n) is 7.51. The van der Waals surface area contributed by atoms with Gasteiger partial charge >= 0.3 is 0 Å². The van der Waals surface area contributed by atoms with Gasteiger partial charge in [0.2, 0.25) is 0 Å². The molecule has 0 aromatic carbocycles. The minimum absolute atomic E-state index is 0.500. The molecule has 27 heavy (non-hydrogen) atoms. The number of pyridine rings is 1. The molecule has 0 fully saturated rings. The molecule has 0 bridgehead atoms. The van der Waals surface area contributed by atoms with Crippen LogP contribution in [0.5, 0.6) is 0 Å². The highest BCUT2D eigenvalue weighted by Crippen LogP contribution is 2.13. The fourth-order valence-corrected chi connectivity index (χ4v) is 3.43. The monoisotopic (exact) mass is 377 g/mol. The maximum Gasteiger partial charge on any atom is 0.168 e. The van der Waals surface area contributed by atoms with E-state index in [1.165, 1.54) is 109 Å². The van der Waals surface area contributed by atoms with Crippen molar-refractivity contribution in [3.8, 4) is 0 Å². The molecule has 0 spiro atoms. The van der Waals surface area contributed by atoms with Crippen LogP contribution in [0.25, 0.3) is 0 Å². The van der Waals surface area contributed by atoms with Gasteiger partial charge < -0.3 is 9.90 Å². The van der Waals surface area contributed by atoms with Crippen LogP contribution in [0.2, 0.25) is 0 Å². The fraction of sp³-hybridized carbons (Fsp3) is 0.750. The predicted octanol–water partition coefficient (Wildman–Crippen LogP) is 5.60. The Morgan fingerprint density at radius 2 is 0.963 bits per heavy atom. The van der Waals surface area contributed by atoms with Gasteiger partial charge in [0.25, 0.3) is 0 Å². The smallest absolute Gasteiger partial charge is 0.168 e.